The topological polar surface area (TPSA) is 3.24 Å². The van der Waals surface area contributed by atoms with Crippen LogP contribution in [0.4, 0.5) is 0 Å². The van der Waals surface area contributed by atoms with Crippen LogP contribution in [0.1, 0.15) is 27.7 Å². The molecular weight excluding hydrogens is 197 g/mol. The summed E-state index contributed by atoms with van der Waals surface area (Å²) in [6.07, 6.45) is 2.07. The zero-order chi connectivity index (χ0) is 9.02. The summed E-state index contributed by atoms with van der Waals surface area (Å²) < 4.78 is 2.35. The molecule has 0 saturated heterocycles. The summed E-state index contributed by atoms with van der Waals surface area (Å²) in [5.74, 6) is 0. The Balaban J connectivity index is 4.09. The molecular formula is C7H17ClNPS. The van der Waals surface area contributed by atoms with Crippen LogP contribution in [0.15, 0.2) is 0 Å². The van der Waals surface area contributed by atoms with Gasteiger partial charge in [-0.05, 0) is 34.0 Å². The van der Waals surface area contributed by atoms with Crippen molar-refractivity contribution in [1.82, 2.24) is 4.67 Å². The molecule has 1 unspecified atom stereocenters. The van der Waals surface area contributed by atoms with Crippen molar-refractivity contribution >= 4 is 29.2 Å². The van der Waals surface area contributed by atoms with Gasteiger partial charge in [0.1, 0.15) is 6.63 Å². The Hall–Kier alpha value is 1.03. The van der Waals surface area contributed by atoms with Gasteiger partial charge in [-0.1, -0.05) is 11.2 Å². The van der Waals surface area contributed by atoms with Gasteiger partial charge in [-0.15, -0.1) is 11.4 Å². The van der Waals surface area contributed by atoms with Gasteiger partial charge >= 0.3 is 0 Å². The molecule has 0 radical (unpaired) electrons. The van der Waals surface area contributed by atoms with Crippen molar-refractivity contribution in [1.29, 1.82) is 0 Å². The molecule has 0 aliphatic rings. The second kappa shape index (κ2) is 5.64. The van der Waals surface area contributed by atoms with Gasteiger partial charge in [0.15, 0.2) is 0 Å². The van der Waals surface area contributed by atoms with E-state index in [2.05, 4.69) is 38.6 Å². The Labute approximate surface area is 80.2 Å². The van der Waals surface area contributed by atoms with E-state index in [9.17, 15) is 0 Å². The molecule has 0 aliphatic carbocycles. The molecule has 0 N–H and O–H groups in total. The molecule has 0 spiro atoms. The highest BCUT2D eigenvalue weighted by atomic mass is 35.7. The zero-order valence-corrected chi connectivity index (χ0v) is 10.3. The lowest BCUT2D eigenvalue weighted by atomic mass is 10.3. The maximum atomic E-state index is 6.17. The van der Waals surface area contributed by atoms with Crippen LogP contribution < -0.4 is 0 Å². The van der Waals surface area contributed by atoms with E-state index in [1.165, 1.54) is 0 Å². The van der Waals surface area contributed by atoms with E-state index < -0.39 is 6.63 Å². The third-order valence-electron chi connectivity index (χ3n) is 1.39. The first-order chi connectivity index (χ1) is 5.00. The van der Waals surface area contributed by atoms with Crippen LogP contribution in [0.25, 0.3) is 0 Å². The third-order valence-corrected chi connectivity index (χ3v) is 6.21. The van der Waals surface area contributed by atoms with Gasteiger partial charge < -0.3 is 0 Å². The summed E-state index contributed by atoms with van der Waals surface area (Å²) in [6, 6.07) is 1.09. The first-order valence-corrected chi connectivity index (χ1v) is 7.81. The Morgan fingerprint density at radius 2 is 1.55 bits per heavy atom. The minimum absolute atomic E-state index is 0.498. The molecule has 0 aromatic heterocycles. The van der Waals surface area contributed by atoms with Gasteiger partial charge in [-0.3, -0.25) is 4.67 Å². The fraction of sp³-hybridized carbons (Fsp3) is 1.00. The van der Waals surface area contributed by atoms with Crippen molar-refractivity contribution in [2.75, 3.05) is 6.26 Å². The van der Waals surface area contributed by atoms with E-state index >= 15 is 0 Å². The molecule has 4 heteroatoms. The molecule has 1 nitrogen and oxygen atoms in total. The first kappa shape index (κ1) is 12.0. The summed E-state index contributed by atoms with van der Waals surface area (Å²) in [5.41, 5.74) is 0. The van der Waals surface area contributed by atoms with Gasteiger partial charge in [0.25, 0.3) is 0 Å². The lowest BCUT2D eigenvalue weighted by Gasteiger charge is -2.32. The summed E-state index contributed by atoms with van der Waals surface area (Å²) in [7, 11) is 0. The number of hydrogen-bond acceptors (Lipinski definition) is 2. The van der Waals surface area contributed by atoms with Crippen LogP contribution in [0.5, 0.6) is 0 Å². The average Bonchev–Trinajstić information content (AvgIpc) is 1.85. The highest BCUT2D eigenvalue weighted by molar-refractivity contribution is 8.61. The Morgan fingerprint density at radius 1 is 1.18 bits per heavy atom. The van der Waals surface area contributed by atoms with Gasteiger partial charge in [0, 0.05) is 12.1 Å². The van der Waals surface area contributed by atoms with Crippen molar-refractivity contribution < 1.29 is 0 Å². The Bertz CT molecular complexity index is 103. The van der Waals surface area contributed by atoms with Crippen molar-refractivity contribution in [3.05, 3.63) is 0 Å². The first-order valence-electron chi connectivity index (χ1n) is 3.79. The standard InChI is InChI=1S/C7H17ClNPS/c1-6(2)9(7(3)4)10(8)11-5/h6-7H,1-5H3. The summed E-state index contributed by atoms with van der Waals surface area (Å²) in [4.78, 5) is 0. The number of halogens is 1. The van der Waals surface area contributed by atoms with Crippen LogP contribution in [-0.4, -0.2) is 23.0 Å². The fourth-order valence-electron chi connectivity index (χ4n) is 1.05. The Morgan fingerprint density at radius 3 is 1.64 bits per heavy atom. The zero-order valence-electron chi connectivity index (χ0n) is 7.84. The fourth-order valence-corrected chi connectivity index (χ4v) is 4.71. The number of nitrogens with zero attached hydrogens (tertiary/aromatic N) is 1. The molecule has 11 heavy (non-hydrogen) atoms. The van der Waals surface area contributed by atoms with E-state index in [0.717, 1.165) is 0 Å². The largest absolute Gasteiger partial charge is 0.256 e. The lowest BCUT2D eigenvalue weighted by molar-refractivity contribution is 0.331. The van der Waals surface area contributed by atoms with Crippen LogP contribution in [0, 0.1) is 0 Å². The van der Waals surface area contributed by atoms with Crippen LogP contribution in [0.2, 0.25) is 0 Å². The van der Waals surface area contributed by atoms with E-state index in [-0.39, 0.29) is 0 Å². The monoisotopic (exact) mass is 213 g/mol. The highest BCUT2D eigenvalue weighted by Gasteiger charge is 2.20. The Kier molecular flexibility index (Phi) is 6.17. The summed E-state index contributed by atoms with van der Waals surface area (Å²) in [6.45, 7) is 8.26. The molecule has 0 rings (SSSR count). The molecule has 1 atom stereocenters. The minimum Gasteiger partial charge on any atom is -0.256 e. The molecule has 0 heterocycles. The molecule has 0 aliphatic heterocycles. The van der Waals surface area contributed by atoms with Crippen molar-refractivity contribution in [2.24, 2.45) is 0 Å². The summed E-state index contributed by atoms with van der Waals surface area (Å²) in [5, 5.41) is 0. The van der Waals surface area contributed by atoms with Gasteiger partial charge in [-0.2, -0.15) is 0 Å². The second-order valence-electron chi connectivity index (χ2n) is 2.98. The highest BCUT2D eigenvalue weighted by Crippen LogP contribution is 2.57. The van der Waals surface area contributed by atoms with E-state index in [1.54, 1.807) is 11.4 Å². The minimum atomic E-state index is -0.498. The normalized spacial score (nSPS) is 15.0. The van der Waals surface area contributed by atoms with Crippen molar-refractivity contribution in [2.45, 2.75) is 39.8 Å². The quantitative estimate of drug-likeness (QED) is 0.651. The van der Waals surface area contributed by atoms with Gasteiger partial charge in [0.05, 0.1) is 0 Å². The molecule has 68 valence electrons. The van der Waals surface area contributed by atoms with Crippen LogP contribution >= 0.6 is 29.2 Å². The molecule has 0 aromatic carbocycles. The molecule has 0 aromatic rings. The summed E-state index contributed by atoms with van der Waals surface area (Å²) >= 11 is 7.92. The second-order valence-corrected chi connectivity index (χ2v) is 7.95. The van der Waals surface area contributed by atoms with Gasteiger partial charge in [0.2, 0.25) is 0 Å². The average molecular weight is 214 g/mol. The number of rotatable bonds is 4. The van der Waals surface area contributed by atoms with Crippen molar-refractivity contribution in [3.63, 3.8) is 0 Å². The number of hydrogen-bond donors (Lipinski definition) is 0. The van der Waals surface area contributed by atoms with E-state index in [1.807, 2.05) is 0 Å². The van der Waals surface area contributed by atoms with Gasteiger partial charge in [-0.25, -0.2) is 0 Å². The van der Waals surface area contributed by atoms with Crippen molar-refractivity contribution in [3.8, 4) is 0 Å². The van der Waals surface area contributed by atoms with Crippen LogP contribution in [-0.2, 0) is 0 Å². The van der Waals surface area contributed by atoms with E-state index in [0.29, 0.717) is 12.1 Å². The SMILES string of the molecule is CSP(Cl)N(C(C)C)C(C)C. The predicted octanol–water partition coefficient (Wildman–Crippen LogP) is 3.93. The third kappa shape index (κ3) is 3.98. The van der Waals surface area contributed by atoms with E-state index in [4.69, 9.17) is 11.2 Å². The maximum absolute atomic E-state index is 6.17. The molecule has 0 fully saturated rings. The smallest absolute Gasteiger partial charge is 0.124 e. The predicted molar refractivity (Wildman–Crippen MR) is 58.4 cm³/mol. The molecule has 0 bridgehead atoms. The molecule has 0 amide bonds. The molecule has 0 saturated carbocycles. The lowest BCUT2D eigenvalue weighted by Crippen LogP contribution is -2.30. The maximum Gasteiger partial charge on any atom is 0.124 e. The van der Waals surface area contributed by atoms with Crippen LogP contribution in [0.3, 0.4) is 0 Å².